The fraction of sp³-hybridized carbons (Fsp3) is 0.538. The lowest BCUT2D eigenvalue weighted by molar-refractivity contribution is 0.759. The number of fused-ring (bicyclic) bond motifs is 1. The lowest BCUT2D eigenvalue weighted by atomic mass is 10.3. The van der Waals surface area contributed by atoms with Gasteiger partial charge in [-0.1, -0.05) is 13.3 Å². The minimum Gasteiger partial charge on any atom is -0.369 e. The van der Waals surface area contributed by atoms with Crippen LogP contribution in [0.3, 0.4) is 0 Å². The Morgan fingerprint density at radius 2 is 2.22 bits per heavy atom. The number of hydrogen-bond acceptors (Lipinski definition) is 4. The van der Waals surface area contributed by atoms with Crippen LogP contribution in [-0.4, -0.2) is 34.5 Å². The second kappa shape index (κ2) is 5.71. The van der Waals surface area contributed by atoms with E-state index in [0.29, 0.717) is 0 Å². The molecule has 0 bridgehead atoms. The van der Waals surface area contributed by atoms with Gasteiger partial charge in [-0.2, -0.15) is 0 Å². The van der Waals surface area contributed by atoms with E-state index in [1.807, 2.05) is 23.0 Å². The zero-order valence-corrected chi connectivity index (χ0v) is 11.3. The molecule has 0 saturated carbocycles. The predicted molar refractivity (Wildman–Crippen MR) is 75.3 cm³/mol. The summed E-state index contributed by atoms with van der Waals surface area (Å²) in [6, 6.07) is 0. The molecule has 0 aliphatic carbocycles. The molecule has 0 aromatic carbocycles. The van der Waals surface area contributed by atoms with Gasteiger partial charge in [-0.15, -0.1) is 0 Å². The number of imidazole rings is 1. The Morgan fingerprint density at radius 1 is 1.39 bits per heavy atom. The van der Waals surface area contributed by atoms with E-state index in [2.05, 4.69) is 41.1 Å². The van der Waals surface area contributed by atoms with E-state index in [9.17, 15) is 0 Å². The largest absolute Gasteiger partial charge is 0.369 e. The Labute approximate surface area is 108 Å². The number of aromatic nitrogens is 3. The number of hydrogen-bond donors (Lipinski definition) is 1. The van der Waals surface area contributed by atoms with Gasteiger partial charge in [-0.25, -0.2) is 9.97 Å². The predicted octanol–water partition coefficient (Wildman–Crippen LogP) is 2.40. The normalized spacial score (nSPS) is 10.8. The van der Waals surface area contributed by atoms with Gasteiger partial charge >= 0.3 is 0 Å². The van der Waals surface area contributed by atoms with Crippen molar-refractivity contribution >= 4 is 17.3 Å². The van der Waals surface area contributed by atoms with Gasteiger partial charge in [0.05, 0.1) is 6.20 Å². The van der Waals surface area contributed by atoms with Gasteiger partial charge in [0.15, 0.2) is 11.5 Å². The van der Waals surface area contributed by atoms with Gasteiger partial charge in [0.25, 0.3) is 0 Å². The smallest absolute Gasteiger partial charge is 0.180 e. The van der Waals surface area contributed by atoms with E-state index in [4.69, 9.17) is 0 Å². The molecular weight excluding hydrogens is 226 g/mol. The van der Waals surface area contributed by atoms with Crippen LogP contribution < -0.4 is 10.2 Å². The number of unbranched alkanes of at least 4 members (excludes halogenated alkanes) is 1. The molecule has 0 aliphatic heterocycles. The van der Waals surface area contributed by atoms with Crippen molar-refractivity contribution in [3.05, 3.63) is 18.6 Å². The highest BCUT2D eigenvalue weighted by atomic mass is 15.2. The van der Waals surface area contributed by atoms with E-state index in [-0.39, 0.29) is 0 Å². The van der Waals surface area contributed by atoms with Gasteiger partial charge < -0.3 is 14.6 Å². The van der Waals surface area contributed by atoms with Crippen molar-refractivity contribution in [2.45, 2.75) is 26.7 Å². The van der Waals surface area contributed by atoms with Crippen LogP contribution in [-0.2, 0) is 0 Å². The van der Waals surface area contributed by atoms with Crippen molar-refractivity contribution in [3.63, 3.8) is 0 Å². The fourth-order valence-corrected chi connectivity index (χ4v) is 1.94. The Bertz CT molecular complexity index is 505. The summed E-state index contributed by atoms with van der Waals surface area (Å²) in [6.07, 6.45) is 8.08. The number of nitrogens with zero attached hydrogens (tertiary/aromatic N) is 4. The third-order valence-electron chi connectivity index (χ3n) is 2.92. The molecule has 18 heavy (non-hydrogen) atoms. The SMILES string of the molecule is CCCCN(C)c1nc(NCC)cn2ccnc12. The molecule has 0 aliphatic rings. The first-order valence-corrected chi connectivity index (χ1v) is 6.55. The minimum atomic E-state index is 0.866. The van der Waals surface area contributed by atoms with E-state index in [1.165, 1.54) is 6.42 Å². The maximum absolute atomic E-state index is 4.65. The summed E-state index contributed by atoms with van der Waals surface area (Å²) in [4.78, 5) is 11.2. The van der Waals surface area contributed by atoms with Crippen molar-refractivity contribution < 1.29 is 0 Å². The first kappa shape index (κ1) is 12.7. The lowest BCUT2D eigenvalue weighted by Gasteiger charge is -2.19. The van der Waals surface area contributed by atoms with Gasteiger partial charge in [0, 0.05) is 32.5 Å². The summed E-state index contributed by atoms with van der Waals surface area (Å²) in [6.45, 7) is 6.13. The molecule has 0 unspecified atom stereocenters. The number of rotatable bonds is 6. The Kier molecular flexibility index (Phi) is 4.02. The molecule has 5 heteroatoms. The second-order valence-corrected chi connectivity index (χ2v) is 4.41. The van der Waals surface area contributed by atoms with E-state index in [0.717, 1.165) is 36.8 Å². The summed E-state index contributed by atoms with van der Waals surface area (Å²) in [7, 11) is 2.07. The van der Waals surface area contributed by atoms with Gasteiger partial charge in [0.2, 0.25) is 0 Å². The van der Waals surface area contributed by atoms with E-state index < -0.39 is 0 Å². The molecule has 0 saturated heterocycles. The quantitative estimate of drug-likeness (QED) is 0.851. The lowest BCUT2D eigenvalue weighted by Crippen LogP contribution is -2.21. The van der Waals surface area contributed by atoms with Crippen molar-refractivity contribution in [2.24, 2.45) is 0 Å². The molecule has 0 radical (unpaired) electrons. The van der Waals surface area contributed by atoms with Gasteiger partial charge in [0.1, 0.15) is 5.82 Å². The average Bonchev–Trinajstić information content (AvgIpc) is 2.83. The molecule has 1 N–H and O–H groups in total. The van der Waals surface area contributed by atoms with E-state index in [1.54, 1.807) is 0 Å². The monoisotopic (exact) mass is 247 g/mol. The van der Waals surface area contributed by atoms with Crippen molar-refractivity contribution in [2.75, 3.05) is 30.4 Å². The molecule has 5 nitrogen and oxygen atoms in total. The highest BCUT2D eigenvalue weighted by Gasteiger charge is 2.11. The molecule has 2 rings (SSSR count). The molecule has 98 valence electrons. The van der Waals surface area contributed by atoms with Crippen LogP contribution in [0.5, 0.6) is 0 Å². The third kappa shape index (κ3) is 2.55. The summed E-state index contributed by atoms with van der Waals surface area (Å²) < 4.78 is 2.02. The van der Waals surface area contributed by atoms with Gasteiger partial charge in [-0.3, -0.25) is 0 Å². The molecule has 0 fully saturated rings. The Hall–Kier alpha value is -1.78. The summed E-state index contributed by atoms with van der Waals surface area (Å²) in [5, 5.41) is 3.25. The number of nitrogens with one attached hydrogen (secondary N) is 1. The zero-order valence-electron chi connectivity index (χ0n) is 11.3. The summed E-state index contributed by atoms with van der Waals surface area (Å²) in [5.41, 5.74) is 0.912. The Morgan fingerprint density at radius 3 is 2.94 bits per heavy atom. The first-order valence-electron chi connectivity index (χ1n) is 6.55. The minimum absolute atomic E-state index is 0.866. The van der Waals surface area contributed by atoms with Crippen LogP contribution in [0.4, 0.5) is 11.6 Å². The molecule has 2 aromatic heterocycles. The zero-order chi connectivity index (χ0) is 13.0. The van der Waals surface area contributed by atoms with Crippen molar-refractivity contribution in [1.82, 2.24) is 14.4 Å². The van der Waals surface area contributed by atoms with Crippen LogP contribution in [0.2, 0.25) is 0 Å². The van der Waals surface area contributed by atoms with Crippen molar-refractivity contribution in [3.8, 4) is 0 Å². The topological polar surface area (TPSA) is 45.5 Å². The molecule has 0 spiro atoms. The average molecular weight is 247 g/mol. The third-order valence-corrected chi connectivity index (χ3v) is 2.92. The van der Waals surface area contributed by atoms with Crippen molar-refractivity contribution in [1.29, 1.82) is 0 Å². The van der Waals surface area contributed by atoms with Crippen LogP contribution in [0, 0.1) is 0 Å². The molecule has 2 heterocycles. The van der Waals surface area contributed by atoms with Crippen LogP contribution >= 0.6 is 0 Å². The molecule has 2 aromatic rings. The number of anilines is 2. The highest BCUT2D eigenvalue weighted by Crippen LogP contribution is 2.19. The first-order chi connectivity index (χ1) is 8.76. The maximum Gasteiger partial charge on any atom is 0.180 e. The molecule has 0 atom stereocenters. The standard InChI is InChI=1S/C13H21N5/c1-4-6-8-17(3)13-12-15-7-9-18(12)10-11(16-13)14-5-2/h7,9-10,14H,4-6,8H2,1-3H3. The summed E-state index contributed by atoms with van der Waals surface area (Å²) >= 11 is 0. The maximum atomic E-state index is 4.65. The molecular formula is C13H21N5. The fourth-order valence-electron chi connectivity index (χ4n) is 1.94. The van der Waals surface area contributed by atoms with Crippen LogP contribution in [0.25, 0.3) is 5.65 Å². The Balaban J connectivity index is 2.36. The van der Waals surface area contributed by atoms with Gasteiger partial charge in [-0.05, 0) is 13.3 Å². The van der Waals surface area contributed by atoms with Crippen LogP contribution in [0.15, 0.2) is 18.6 Å². The summed E-state index contributed by atoms with van der Waals surface area (Å²) in [5.74, 6) is 1.83. The highest BCUT2D eigenvalue weighted by molar-refractivity contribution is 5.66. The second-order valence-electron chi connectivity index (χ2n) is 4.41. The molecule has 0 amide bonds. The van der Waals surface area contributed by atoms with E-state index >= 15 is 0 Å². The van der Waals surface area contributed by atoms with Crippen LogP contribution in [0.1, 0.15) is 26.7 Å².